The van der Waals surface area contributed by atoms with Gasteiger partial charge in [-0.1, -0.05) is 56.3 Å². The Hall–Kier alpha value is -3.27. The van der Waals surface area contributed by atoms with Gasteiger partial charge in [-0.05, 0) is 48.1 Å². The number of sulfonamides is 1. The number of hydrogen-bond acceptors (Lipinski definition) is 5. The van der Waals surface area contributed by atoms with Gasteiger partial charge < -0.3 is 9.47 Å². The lowest BCUT2D eigenvalue weighted by molar-refractivity contribution is -0.116. The van der Waals surface area contributed by atoms with E-state index in [1.54, 1.807) is 18.2 Å². The maximum Gasteiger partial charge on any atom is 0.240 e. The molecule has 35 heavy (non-hydrogen) atoms. The van der Waals surface area contributed by atoms with Gasteiger partial charge in [0.25, 0.3) is 0 Å². The predicted molar refractivity (Wildman–Crippen MR) is 140 cm³/mol. The number of imidazole rings is 1. The summed E-state index contributed by atoms with van der Waals surface area (Å²) in [5.74, 6) is 0.173. The molecule has 0 atom stereocenters. The molecular formula is C26H31N5O3S. The molecule has 0 aliphatic heterocycles. The number of aromatic nitrogens is 2. The van der Waals surface area contributed by atoms with Crippen LogP contribution in [-0.2, 0) is 21.4 Å². The fraction of sp³-hybridized carbons (Fsp3) is 0.308. The zero-order valence-corrected chi connectivity index (χ0v) is 20.9. The van der Waals surface area contributed by atoms with E-state index in [2.05, 4.69) is 33.8 Å². The summed E-state index contributed by atoms with van der Waals surface area (Å²) >= 11 is 0. The Balaban J connectivity index is 1.40. The molecule has 0 fully saturated rings. The fourth-order valence-electron chi connectivity index (χ4n) is 4.08. The number of amides is 1. The predicted octanol–water partition coefficient (Wildman–Crippen LogP) is 3.84. The van der Waals surface area contributed by atoms with Crippen LogP contribution in [0.5, 0.6) is 0 Å². The Morgan fingerprint density at radius 1 is 0.971 bits per heavy atom. The van der Waals surface area contributed by atoms with Gasteiger partial charge in [-0.2, -0.15) is 0 Å². The maximum atomic E-state index is 12.7. The van der Waals surface area contributed by atoms with Crippen molar-refractivity contribution in [2.75, 3.05) is 31.5 Å². The van der Waals surface area contributed by atoms with E-state index < -0.39 is 10.0 Å². The minimum absolute atomic E-state index is 0.00788. The van der Waals surface area contributed by atoms with Crippen LogP contribution in [-0.4, -0.2) is 55.0 Å². The smallest absolute Gasteiger partial charge is 0.240 e. The number of carbonyl (C=O) groups excluding carboxylic acids is 1. The van der Waals surface area contributed by atoms with Crippen LogP contribution in [0, 0.1) is 0 Å². The molecule has 9 heteroatoms. The largest absolute Gasteiger partial charge is 0.309 e. The quantitative estimate of drug-likeness (QED) is 0.331. The highest BCUT2D eigenvalue weighted by molar-refractivity contribution is 7.89. The third-order valence-corrected chi connectivity index (χ3v) is 7.57. The van der Waals surface area contributed by atoms with Gasteiger partial charge in [0.05, 0.1) is 15.9 Å². The number of carbonyl (C=O) groups is 1. The monoisotopic (exact) mass is 493 g/mol. The molecule has 1 aromatic heterocycles. The van der Waals surface area contributed by atoms with E-state index in [0.717, 1.165) is 41.4 Å². The molecular weight excluding hydrogens is 462 g/mol. The first-order valence-corrected chi connectivity index (χ1v) is 13.4. The third-order valence-electron chi connectivity index (χ3n) is 6.12. The normalized spacial score (nSPS) is 12.0. The van der Waals surface area contributed by atoms with Crippen LogP contribution in [0.3, 0.4) is 0 Å². The van der Waals surface area contributed by atoms with Gasteiger partial charge >= 0.3 is 0 Å². The Labute approximate surface area is 206 Å². The first kappa shape index (κ1) is 24.8. The zero-order valence-electron chi connectivity index (χ0n) is 20.1. The number of anilines is 1. The van der Waals surface area contributed by atoms with E-state index >= 15 is 0 Å². The van der Waals surface area contributed by atoms with E-state index in [1.807, 2.05) is 53.1 Å². The maximum absolute atomic E-state index is 12.7. The van der Waals surface area contributed by atoms with Crippen LogP contribution >= 0.6 is 0 Å². The van der Waals surface area contributed by atoms with Gasteiger partial charge in [0.15, 0.2) is 0 Å². The van der Waals surface area contributed by atoms with Crippen LogP contribution in [0.25, 0.3) is 21.8 Å². The summed E-state index contributed by atoms with van der Waals surface area (Å²) < 4.78 is 30.0. The number of rotatable bonds is 11. The van der Waals surface area contributed by atoms with Crippen LogP contribution in [0.2, 0.25) is 0 Å². The van der Waals surface area contributed by atoms with Crippen molar-refractivity contribution >= 4 is 43.7 Å². The summed E-state index contributed by atoms with van der Waals surface area (Å²) in [6.07, 6.45) is -0.00788. The SMILES string of the molecule is CCN(CC)CCn1c(NC(=O)CCNS(=O)(=O)c2ccc3ccccc3c2)nc2ccccc21. The molecule has 8 nitrogen and oxygen atoms in total. The Kier molecular flexibility index (Phi) is 7.80. The van der Waals surface area contributed by atoms with Crippen LogP contribution in [0.15, 0.2) is 71.6 Å². The number of benzene rings is 3. The molecule has 184 valence electrons. The summed E-state index contributed by atoms with van der Waals surface area (Å²) in [5.41, 5.74) is 1.76. The average molecular weight is 494 g/mol. The number of nitrogens with one attached hydrogen (secondary N) is 2. The summed E-state index contributed by atoms with van der Waals surface area (Å²) in [4.78, 5) is 19.8. The Bertz CT molecular complexity index is 1430. The molecule has 0 bridgehead atoms. The molecule has 4 aromatic rings. The van der Waals surface area contributed by atoms with Crippen molar-refractivity contribution in [3.8, 4) is 0 Å². The van der Waals surface area contributed by atoms with E-state index in [-0.39, 0.29) is 23.8 Å². The highest BCUT2D eigenvalue weighted by Gasteiger charge is 2.17. The second-order valence-electron chi connectivity index (χ2n) is 8.31. The van der Waals surface area contributed by atoms with Crippen molar-refractivity contribution in [1.29, 1.82) is 0 Å². The van der Waals surface area contributed by atoms with Crippen LogP contribution < -0.4 is 10.0 Å². The topological polar surface area (TPSA) is 96.3 Å². The third kappa shape index (κ3) is 5.87. The van der Waals surface area contributed by atoms with Gasteiger partial charge in [-0.25, -0.2) is 18.1 Å². The van der Waals surface area contributed by atoms with Crippen molar-refractivity contribution in [2.24, 2.45) is 0 Å². The molecule has 0 spiro atoms. The van der Waals surface area contributed by atoms with Gasteiger partial charge in [-0.3, -0.25) is 10.1 Å². The van der Waals surface area contributed by atoms with Gasteiger partial charge in [0, 0.05) is 26.1 Å². The molecule has 4 rings (SSSR count). The molecule has 0 saturated carbocycles. The number of fused-ring (bicyclic) bond motifs is 2. The molecule has 0 saturated heterocycles. The highest BCUT2D eigenvalue weighted by atomic mass is 32.2. The van der Waals surface area contributed by atoms with Crippen molar-refractivity contribution in [2.45, 2.75) is 31.7 Å². The van der Waals surface area contributed by atoms with Crippen LogP contribution in [0.4, 0.5) is 5.95 Å². The van der Waals surface area contributed by atoms with E-state index in [4.69, 9.17) is 0 Å². The molecule has 0 aliphatic carbocycles. The van der Waals surface area contributed by atoms with Gasteiger partial charge in [0.1, 0.15) is 0 Å². The number of likely N-dealkylation sites (N-methyl/N-ethyl adjacent to an activating group) is 1. The Morgan fingerprint density at radius 2 is 1.69 bits per heavy atom. The first-order chi connectivity index (χ1) is 16.9. The first-order valence-electron chi connectivity index (χ1n) is 11.9. The molecule has 1 heterocycles. The molecule has 0 unspecified atom stereocenters. The Morgan fingerprint density at radius 3 is 2.46 bits per heavy atom. The van der Waals surface area contributed by atoms with Gasteiger partial charge in [0.2, 0.25) is 21.9 Å². The summed E-state index contributed by atoms with van der Waals surface area (Å²) in [6.45, 7) is 7.65. The standard InChI is InChI=1S/C26H31N5O3S/c1-3-30(4-2)17-18-31-24-12-8-7-11-23(24)28-26(31)29-25(32)15-16-27-35(33,34)22-14-13-20-9-5-6-10-21(20)19-22/h5-14,19,27H,3-4,15-18H2,1-2H3,(H,28,29,32). The molecule has 3 aromatic carbocycles. The van der Waals surface area contributed by atoms with Crippen molar-refractivity contribution in [1.82, 2.24) is 19.2 Å². The molecule has 0 radical (unpaired) electrons. The molecule has 0 aliphatic rings. The number of hydrogen-bond donors (Lipinski definition) is 2. The van der Waals surface area contributed by atoms with E-state index in [9.17, 15) is 13.2 Å². The highest BCUT2D eigenvalue weighted by Crippen LogP contribution is 2.21. The second kappa shape index (κ2) is 11.0. The summed E-state index contributed by atoms with van der Waals surface area (Å²) in [7, 11) is -3.73. The van der Waals surface area contributed by atoms with E-state index in [0.29, 0.717) is 12.5 Å². The zero-order chi connectivity index (χ0) is 24.8. The number of para-hydroxylation sites is 2. The summed E-state index contributed by atoms with van der Waals surface area (Å²) in [6, 6.07) is 20.3. The van der Waals surface area contributed by atoms with Crippen molar-refractivity contribution < 1.29 is 13.2 Å². The minimum Gasteiger partial charge on any atom is -0.309 e. The minimum atomic E-state index is -3.73. The molecule has 1 amide bonds. The average Bonchev–Trinajstić information content (AvgIpc) is 3.21. The van der Waals surface area contributed by atoms with Crippen molar-refractivity contribution in [3.63, 3.8) is 0 Å². The summed E-state index contributed by atoms with van der Waals surface area (Å²) in [5, 5.41) is 4.68. The lowest BCUT2D eigenvalue weighted by Crippen LogP contribution is -2.29. The fourth-order valence-corrected chi connectivity index (χ4v) is 5.15. The van der Waals surface area contributed by atoms with E-state index in [1.165, 1.54) is 0 Å². The van der Waals surface area contributed by atoms with Crippen molar-refractivity contribution in [3.05, 3.63) is 66.7 Å². The van der Waals surface area contributed by atoms with Crippen LogP contribution in [0.1, 0.15) is 20.3 Å². The molecule has 2 N–H and O–H groups in total. The second-order valence-corrected chi connectivity index (χ2v) is 10.1. The lowest BCUT2D eigenvalue weighted by Gasteiger charge is -2.19. The van der Waals surface area contributed by atoms with Gasteiger partial charge in [-0.15, -0.1) is 0 Å². The lowest BCUT2D eigenvalue weighted by atomic mass is 10.1. The number of nitrogens with zero attached hydrogens (tertiary/aromatic N) is 3.